The Balaban J connectivity index is 2.04. The van der Waals surface area contributed by atoms with E-state index in [4.69, 9.17) is 0 Å². The van der Waals surface area contributed by atoms with Crippen molar-refractivity contribution in [3.8, 4) is 0 Å². The summed E-state index contributed by atoms with van der Waals surface area (Å²) >= 11 is 0. The van der Waals surface area contributed by atoms with Crippen molar-refractivity contribution in [1.29, 1.82) is 0 Å². The van der Waals surface area contributed by atoms with Crippen LogP contribution < -0.4 is 5.32 Å². The van der Waals surface area contributed by atoms with E-state index >= 15 is 0 Å². The summed E-state index contributed by atoms with van der Waals surface area (Å²) in [4.78, 5) is 6.73. The molecule has 3 heteroatoms. The molecule has 1 aliphatic rings. The molecule has 0 bridgehead atoms. The molecule has 1 unspecified atom stereocenters. The Labute approximate surface area is 91.5 Å². The van der Waals surface area contributed by atoms with Gasteiger partial charge in [0.05, 0.1) is 0 Å². The Morgan fingerprint density at radius 1 is 1.33 bits per heavy atom. The number of pyridine rings is 1. The van der Waals surface area contributed by atoms with Crippen molar-refractivity contribution in [3.63, 3.8) is 0 Å². The average molecular weight is 205 g/mol. The van der Waals surface area contributed by atoms with E-state index in [9.17, 15) is 0 Å². The van der Waals surface area contributed by atoms with E-state index in [1.165, 1.54) is 18.7 Å². The molecule has 0 amide bonds. The van der Waals surface area contributed by atoms with Crippen LogP contribution in [0.1, 0.15) is 17.8 Å². The van der Waals surface area contributed by atoms with Crippen molar-refractivity contribution < 1.29 is 0 Å². The third-order valence-corrected chi connectivity index (χ3v) is 2.84. The molecule has 1 atom stereocenters. The number of anilines is 1. The minimum atomic E-state index is 0.594. The Hall–Kier alpha value is -1.09. The second-order valence-electron chi connectivity index (χ2n) is 4.53. The molecule has 0 aliphatic carbocycles. The standard InChI is InChI=1S/C12H19N3/c1-9-6-12(7-10(2)13-9)14-11-4-5-15(3)8-11/h6-7,11H,4-5,8H2,1-3H3,(H,13,14). The monoisotopic (exact) mass is 205 g/mol. The van der Waals surface area contributed by atoms with E-state index in [2.05, 4.69) is 34.4 Å². The smallest absolute Gasteiger partial charge is 0.0400 e. The number of hydrogen-bond acceptors (Lipinski definition) is 3. The van der Waals surface area contributed by atoms with Crippen LogP contribution in [-0.4, -0.2) is 36.1 Å². The van der Waals surface area contributed by atoms with Gasteiger partial charge in [0.25, 0.3) is 0 Å². The highest BCUT2D eigenvalue weighted by atomic mass is 15.2. The third kappa shape index (κ3) is 2.69. The zero-order valence-electron chi connectivity index (χ0n) is 9.75. The molecule has 1 aromatic rings. The quantitative estimate of drug-likeness (QED) is 0.798. The lowest BCUT2D eigenvalue weighted by Gasteiger charge is -2.15. The molecule has 1 fully saturated rings. The largest absolute Gasteiger partial charge is 0.381 e. The summed E-state index contributed by atoms with van der Waals surface area (Å²) in [5.74, 6) is 0. The second kappa shape index (κ2) is 4.19. The minimum Gasteiger partial charge on any atom is -0.381 e. The van der Waals surface area contributed by atoms with Crippen LogP contribution in [0.2, 0.25) is 0 Å². The molecule has 2 heterocycles. The van der Waals surface area contributed by atoms with Gasteiger partial charge in [-0.15, -0.1) is 0 Å². The zero-order valence-corrected chi connectivity index (χ0v) is 9.75. The third-order valence-electron chi connectivity index (χ3n) is 2.84. The Bertz CT molecular complexity index is 328. The maximum absolute atomic E-state index is 4.37. The fourth-order valence-electron chi connectivity index (χ4n) is 2.21. The number of aromatic nitrogens is 1. The van der Waals surface area contributed by atoms with Gasteiger partial charge in [0.15, 0.2) is 0 Å². The van der Waals surface area contributed by atoms with Crippen LogP contribution in [0.25, 0.3) is 0 Å². The molecule has 0 spiro atoms. The Morgan fingerprint density at radius 2 is 2.00 bits per heavy atom. The van der Waals surface area contributed by atoms with Crippen LogP contribution >= 0.6 is 0 Å². The van der Waals surface area contributed by atoms with Crippen LogP contribution in [0.4, 0.5) is 5.69 Å². The van der Waals surface area contributed by atoms with Crippen LogP contribution in [0.5, 0.6) is 0 Å². The number of nitrogens with one attached hydrogen (secondary N) is 1. The van der Waals surface area contributed by atoms with Gasteiger partial charge in [-0.25, -0.2) is 0 Å². The number of likely N-dealkylation sites (tertiary alicyclic amines) is 1. The SMILES string of the molecule is Cc1cc(NC2CCN(C)C2)cc(C)n1. The first-order chi connectivity index (χ1) is 7.13. The fraction of sp³-hybridized carbons (Fsp3) is 0.583. The first-order valence-electron chi connectivity index (χ1n) is 5.54. The minimum absolute atomic E-state index is 0.594. The first kappa shape index (κ1) is 10.4. The van der Waals surface area contributed by atoms with Crippen LogP contribution in [0.3, 0.4) is 0 Å². The summed E-state index contributed by atoms with van der Waals surface area (Å²) in [6, 6.07) is 4.83. The van der Waals surface area contributed by atoms with Crippen molar-refractivity contribution in [2.45, 2.75) is 26.3 Å². The van der Waals surface area contributed by atoms with Gasteiger partial charge in [0.1, 0.15) is 0 Å². The highest BCUT2D eigenvalue weighted by Gasteiger charge is 2.18. The number of hydrogen-bond donors (Lipinski definition) is 1. The molecule has 0 saturated carbocycles. The molecule has 15 heavy (non-hydrogen) atoms. The summed E-state index contributed by atoms with van der Waals surface area (Å²) < 4.78 is 0. The van der Waals surface area contributed by atoms with E-state index in [-0.39, 0.29) is 0 Å². The van der Waals surface area contributed by atoms with Gasteiger partial charge < -0.3 is 10.2 Å². The van der Waals surface area contributed by atoms with E-state index in [1.807, 2.05) is 13.8 Å². The molecular formula is C12H19N3. The maximum Gasteiger partial charge on any atom is 0.0400 e. The van der Waals surface area contributed by atoms with E-state index in [1.54, 1.807) is 0 Å². The predicted molar refractivity (Wildman–Crippen MR) is 63.2 cm³/mol. The van der Waals surface area contributed by atoms with Gasteiger partial charge in [-0.05, 0) is 46.0 Å². The van der Waals surface area contributed by atoms with Gasteiger partial charge in [0.2, 0.25) is 0 Å². The Morgan fingerprint density at radius 3 is 2.53 bits per heavy atom. The van der Waals surface area contributed by atoms with Gasteiger partial charge in [0, 0.05) is 29.7 Å². The van der Waals surface area contributed by atoms with Crippen LogP contribution in [0.15, 0.2) is 12.1 Å². The van der Waals surface area contributed by atoms with E-state index < -0.39 is 0 Å². The average Bonchev–Trinajstić information content (AvgIpc) is 2.49. The predicted octanol–water partition coefficient (Wildman–Crippen LogP) is 1.81. The van der Waals surface area contributed by atoms with Crippen molar-refractivity contribution in [3.05, 3.63) is 23.5 Å². The molecule has 1 saturated heterocycles. The lowest BCUT2D eigenvalue weighted by Crippen LogP contribution is -2.23. The number of rotatable bonds is 2. The molecule has 2 rings (SSSR count). The Kier molecular flexibility index (Phi) is 2.91. The lowest BCUT2D eigenvalue weighted by molar-refractivity contribution is 0.414. The van der Waals surface area contributed by atoms with Gasteiger partial charge in [-0.3, -0.25) is 4.98 Å². The second-order valence-corrected chi connectivity index (χ2v) is 4.53. The molecule has 1 N–H and O–H groups in total. The fourth-order valence-corrected chi connectivity index (χ4v) is 2.21. The molecule has 1 aliphatic heterocycles. The molecule has 0 aromatic carbocycles. The maximum atomic E-state index is 4.37. The number of aryl methyl sites for hydroxylation is 2. The summed E-state index contributed by atoms with van der Waals surface area (Å²) in [5.41, 5.74) is 3.38. The summed E-state index contributed by atoms with van der Waals surface area (Å²) in [6.07, 6.45) is 1.23. The van der Waals surface area contributed by atoms with Gasteiger partial charge >= 0.3 is 0 Å². The normalized spacial score (nSPS) is 21.9. The van der Waals surface area contributed by atoms with E-state index in [0.717, 1.165) is 17.9 Å². The first-order valence-corrected chi connectivity index (χ1v) is 5.54. The molecule has 0 radical (unpaired) electrons. The van der Waals surface area contributed by atoms with Gasteiger partial charge in [-0.2, -0.15) is 0 Å². The van der Waals surface area contributed by atoms with Crippen molar-refractivity contribution in [1.82, 2.24) is 9.88 Å². The van der Waals surface area contributed by atoms with Crippen LogP contribution in [-0.2, 0) is 0 Å². The summed E-state index contributed by atoms with van der Waals surface area (Å²) in [5, 5.41) is 3.57. The zero-order chi connectivity index (χ0) is 10.8. The summed E-state index contributed by atoms with van der Waals surface area (Å²) in [7, 11) is 2.17. The molecular weight excluding hydrogens is 186 g/mol. The molecule has 82 valence electrons. The topological polar surface area (TPSA) is 28.2 Å². The summed E-state index contributed by atoms with van der Waals surface area (Å²) in [6.45, 7) is 6.42. The van der Waals surface area contributed by atoms with Gasteiger partial charge in [-0.1, -0.05) is 0 Å². The molecule has 3 nitrogen and oxygen atoms in total. The van der Waals surface area contributed by atoms with Crippen molar-refractivity contribution in [2.75, 3.05) is 25.5 Å². The highest BCUT2D eigenvalue weighted by Crippen LogP contribution is 2.16. The number of nitrogens with zero attached hydrogens (tertiary/aromatic N) is 2. The lowest BCUT2D eigenvalue weighted by atomic mass is 10.2. The van der Waals surface area contributed by atoms with E-state index in [0.29, 0.717) is 6.04 Å². The highest BCUT2D eigenvalue weighted by molar-refractivity contribution is 5.46. The number of likely N-dealkylation sites (N-methyl/N-ethyl adjacent to an activating group) is 1. The van der Waals surface area contributed by atoms with Crippen LogP contribution in [0, 0.1) is 13.8 Å². The molecule has 1 aromatic heterocycles. The van der Waals surface area contributed by atoms with Crippen molar-refractivity contribution >= 4 is 5.69 Å². The van der Waals surface area contributed by atoms with Crippen molar-refractivity contribution in [2.24, 2.45) is 0 Å².